The Bertz CT molecular complexity index is 1140. The molecule has 0 radical (unpaired) electrons. The van der Waals surface area contributed by atoms with Crippen LogP contribution in [0.5, 0.6) is 17.2 Å². The average Bonchev–Trinajstić information content (AvgIpc) is 3.20. The highest BCUT2D eigenvalue weighted by Crippen LogP contribution is 2.37. The number of nitrogens with zero attached hydrogens (tertiary/aromatic N) is 1. The molecule has 0 unspecified atom stereocenters. The minimum Gasteiger partial charge on any atom is -0.493 e. The van der Waals surface area contributed by atoms with Crippen LogP contribution in [0.1, 0.15) is 10.4 Å². The molecule has 168 valence electrons. The zero-order valence-electron chi connectivity index (χ0n) is 16.4. The van der Waals surface area contributed by atoms with Gasteiger partial charge in [-0.05, 0) is 24.3 Å². The molecule has 0 aliphatic rings. The Morgan fingerprint density at radius 3 is 2.69 bits per heavy atom. The second kappa shape index (κ2) is 10.2. The number of amides is 2. The summed E-state index contributed by atoms with van der Waals surface area (Å²) in [5.74, 6) is -1.10. The molecule has 0 saturated carbocycles. The van der Waals surface area contributed by atoms with Gasteiger partial charge in [-0.15, -0.1) is 11.3 Å². The van der Waals surface area contributed by atoms with Crippen molar-refractivity contribution in [3.8, 4) is 28.5 Å². The SMILES string of the molecule is COc1cc(C(=O)Nc2nc(-c3ccccc3OC(F)F)cs2)cc(Cl)c1OCC(N)=O. The molecule has 0 fully saturated rings. The van der Waals surface area contributed by atoms with E-state index < -0.39 is 25.0 Å². The van der Waals surface area contributed by atoms with E-state index in [0.29, 0.717) is 11.3 Å². The summed E-state index contributed by atoms with van der Waals surface area (Å²) < 4.78 is 40.2. The van der Waals surface area contributed by atoms with Crippen molar-refractivity contribution in [1.29, 1.82) is 0 Å². The van der Waals surface area contributed by atoms with Crippen LogP contribution in [0.15, 0.2) is 41.8 Å². The third kappa shape index (κ3) is 5.62. The Morgan fingerprint density at radius 2 is 2.00 bits per heavy atom. The fraction of sp³-hybridized carbons (Fsp3) is 0.150. The molecule has 2 aromatic carbocycles. The van der Waals surface area contributed by atoms with Gasteiger partial charge in [-0.3, -0.25) is 14.9 Å². The molecule has 3 N–H and O–H groups in total. The Kier molecular flexibility index (Phi) is 7.44. The molecule has 8 nitrogen and oxygen atoms in total. The van der Waals surface area contributed by atoms with Gasteiger partial charge >= 0.3 is 6.61 Å². The van der Waals surface area contributed by atoms with Crippen LogP contribution in [0.25, 0.3) is 11.3 Å². The van der Waals surface area contributed by atoms with E-state index in [2.05, 4.69) is 15.0 Å². The third-order valence-electron chi connectivity index (χ3n) is 3.95. The number of alkyl halides is 2. The first-order valence-electron chi connectivity index (χ1n) is 8.88. The number of rotatable bonds is 9. The van der Waals surface area contributed by atoms with Gasteiger partial charge in [0.15, 0.2) is 23.2 Å². The highest BCUT2D eigenvalue weighted by atomic mass is 35.5. The fourth-order valence-corrected chi connectivity index (χ4v) is 3.61. The van der Waals surface area contributed by atoms with Crippen molar-refractivity contribution in [1.82, 2.24) is 4.98 Å². The Morgan fingerprint density at radius 1 is 1.25 bits per heavy atom. The minimum atomic E-state index is -2.98. The van der Waals surface area contributed by atoms with E-state index >= 15 is 0 Å². The molecule has 12 heteroatoms. The molecule has 0 atom stereocenters. The monoisotopic (exact) mass is 483 g/mol. The molecule has 0 bridgehead atoms. The van der Waals surface area contributed by atoms with Crippen LogP contribution in [-0.4, -0.2) is 37.1 Å². The van der Waals surface area contributed by atoms with E-state index in [-0.39, 0.29) is 33.0 Å². The lowest BCUT2D eigenvalue weighted by Crippen LogP contribution is -2.20. The Labute approximate surface area is 189 Å². The Balaban J connectivity index is 1.80. The van der Waals surface area contributed by atoms with Gasteiger partial charge in [0.2, 0.25) is 0 Å². The summed E-state index contributed by atoms with van der Waals surface area (Å²) in [6.07, 6.45) is 0. The molecular weight excluding hydrogens is 468 g/mol. The van der Waals surface area contributed by atoms with Crippen LogP contribution >= 0.6 is 22.9 Å². The largest absolute Gasteiger partial charge is 0.493 e. The number of nitrogens with two attached hydrogens (primary N) is 1. The van der Waals surface area contributed by atoms with Gasteiger partial charge in [-0.1, -0.05) is 23.7 Å². The van der Waals surface area contributed by atoms with Crippen molar-refractivity contribution in [3.05, 3.63) is 52.4 Å². The normalized spacial score (nSPS) is 10.7. The van der Waals surface area contributed by atoms with Crippen LogP contribution in [0.2, 0.25) is 5.02 Å². The van der Waals surface area contributed by atoms with Gasteiger partial charge < -0.3 is 19.9 Å². The van der Waals surface area contributed by atoms with Gasteiger partial charge in [0.25, 0.3) is 11.8 Å². The summed E-state index contributed by atoms with van der Waals surface area (Å²) in [6, 6.07) is 8.89. The highest BCUT2D eigenvalue weighted by Gasteiger charge is 2.19. The van der Waals surface area contributed by atoms with Crippen LogP contribution in [0, 0.1) is 0 Å². The number of benzene rings is 2. The molecule has 1 aromatic heterocycles. The number of hydrogen-bond acceptors (Lipinski definition) is 7. The van der Waals surface area contributed by atoms with E-state index in [1.54, 1.807) is 23.6 Å². The fourth-order valence-electron chi connectivity index (χ4n) is 2.64. The first-order chi connectivity index (χ1) is 15.3. The predicted molar refractivity (Wildman–Crippen MR) is 115 cm³/mol. The number of halogens is 3. The first-order valence-corrected chi connectivity index (χ1v) is 10.1. The zero-order valence-corrected chi connectivity index (χ0v) is 18.0. The van der Waals surface area contributed by atoms with Crippen LogP contribution < -0.4 is 25.3 Å². The second-order valence-corrected chi connectivity index (χ2v) is 7.38. The maximum Gasteiger partial charge on any atom is 0.387 e. The van der Waals surface area contributed by atoms with Gasteiger partial charge in [0, 0.05) is 16.5 Å². The first kappa shape index (κ1) is 23.2. The third-order valence-corrected chi connectivity index (χ3v) is 4.99. The molecule has 0 spiro atoms. The number of hydrogen-bond donors (Lipinski definition) is 2. The van der Waals surface area contributed by atoms with Crippen LogP contribution in [-0.2, 0) is 4.79 Å². The quantitative estimate of drug-likeness (QED) is 0.472. The van der Waals surface area contributed by atoms with Crippen molar-refractivity contribution in [2.45, 2.75) is 6.61 Å². The number of methoxy groups -OCH3 is 1. The predicted octanol–water partition coefficient (Wildman–Crippen LogP) is 4.19. The summed E-state index contributed by atoms with van der Waals surface area (Å²) >= 11 is 7.26. The smallest absolute Gasteiger partial charge is 0.387 e. The maximum atomic E-state index is 12.7. The van der Waals surface area contributed by atoms with Crippen molar-refractivity contribution >= 4 is 39.9 Å². The van der Waals surface area contributed by atoms with E-state index in [9.17, 15) is 18.4 Å². The van der Waals surface area contributed by atoms with Crippen LogP contribution in [0.4, 0.5) is 13.9 Å². The van der Waals surface area contributed by atoms with Crippen molar-refractivity contribution in [2.24, 2.45) is 5.73 Å². The van der Waals surface area contributed by atoms with Crippen molar-refractivity contribution in [3.63, 3.8) is 0 Å². The topological polar surface area (TPSA) is 113 Å². The molecule has 3 rings (SSSR count). The van der Waals surface area contributed by atoms with E-state index in [0.717, 1.165) is 11.3 Å². The maximum absolute atomic E-state index is 12.7. The number of anilines is 1. The summed E-state index contributed by atoms with van der Waals surface area (Å²) in [5.41, 5.74) is 5.90. The molecule has 3 aromatic rings. The molecule has 0 aliphatic heterocycles. The molecular formula is C20H16ClF2N3O5S. The molecule has 2 amide bonds. The number of thiazole rings is 1. The summed E-state index contributed by atoms with van der Waals surface area (Å²) in [4.78, 5) is 27.9. The number of carbonyl (C=O) groups is 2. The summed E-state index contributed by atoms with van der Waals surface area (Å²) in [5, 5.41) is 4.46. The van der Waals surface area contributed by atoms with Crippen LogP contribution in [0.3, 0.4) is 0 Å². The lowest BCUT2D eigenvalue weighted by Gasteiger charge is -2.13. The van der Waals surface area contributed by atoms with Crippen molar-refractivity contribution in [2.75, 3.05) is 19.0 Å². The van der Waals surface area contributed by atoms with Gasteiger partial charge in [0.1, 0.15) is 5.75 Å². The number of carbonyl (C=O) groups excluding carboxylic acids is 2. The van der Waals surface area contributed by atoms with Crippen molar-refractivity contribution < 1.29 is 32.6 Å². The number of aromatic nitrogens is 1. The zero-order chi connectivity index (χ0) is 23.3. The number of para-hydroxylation sites is 1. The van der Waals surface area contributed by atoms with Gasteiger partial charge in [-0.2, -0.15) is 8.78 Å². The standard InChI is InChI=1S/C20H16ClF2N3O5S/c1-29-15-7-10(6-12(21)17(15)30-8-16(24)27)18(28)26-20-25-13(9-32-20)11-4-2-3-5-14(11)31-19(22)23/h2-7,9,19H,8H2,1H3,(H2,24,27)(H,25,26,28). The number of nitrogens with one attached hydrogen (secondary N) is 1. The molecule has 1 heterocycles. The van der Waals surface area contributed by atoms with Gasteiger partial charge in [0.05, 0.1) is 17.8 Å². The lowest BCUT2D eigenvalue weighted by atomic mass is 10.1. The van der Waals surface area contributed by atoms with Gasteiger partial charge in [-0.25, -0.2) is 4.98 Å². The summed E-state index contributed by atoms with van der Waals surface area (Å²) in [7, 11) is 1.34. The number of ether oxygens (including phenoxy) is 3. The van der Waals surface area contributed by atoms with E-state index in [1.807, 2.05) is 0 Å². The minimum absolute atomic E-state index is 0.0336. The van der Waals surface area contributed by atoms with E-state index in [4.69, 9.17) is 26.8 Å². The molecule has 0 aliphatic carbocycles. The summed E-state index contributed by atoms with van der Waals surface area (Å²) in [6.45, 7) is -3.40. The molecule has 32 heavy (non-hydrogen) atoms. The average molecular weight is 484 g/mol. The number of primary amides is 1. The lowest BCUT2D eigenvalue weighted by molar-refractivity contribution is -0.119. The molecule has 0 saturated heterocycles. The second-order valence-electron chi connectivity index (χ2n) is 6.11. The highest BCUT2D eigenvalue weighted by molar-refractivity contribution is 7.14. The Hall–Kier alpha value is -3.44. The van der Waals surface area contributed by atoms with E-state index in [1.165, 1.54) is 25.3 Å².